The number of rotatable bonds is 1. The lowest BCUT2D eigenvalue weighted by atomic mass is 10.2. The van der Waals surface area contributed by atoms with Crippen molar-refractivity contribution >= 4 is 0 Å². The van der Waals surface area contributed by atoms with Crippen LogP contribution in [-0.2, 0) is 0 Å². The fourth-order valence-corrected chi connectivity index (χ4v) is 0.227. The third-order valence-electron chi connectivity index (χ3n) is 0.851. The Hall–Kier alpha value is -1.54. The number of halogens is 1. The van der Waals surface area contributed by atoms with Crippen molar-refractivity contribution in [2.24, 2.45) is 0 Å². The van der Waals surface area contributed by atoms with Crippen LogP contribution >= 0.6 is 0 Å². The zero-order valence-corrected chi connectivity index (χ0v) is 8.47. The first-order valence-electron chi connectivity index (χ1n) is 3.67. The van der Waals surface area contributed by atoms with Gasteiger partial charge >= 0.3 is 0 Å². The van der Waals surface area contributed by atoms with E-state index in [-0.39, 0.29) is 5.83 Å². The molecule has 0 amide bonds. The molecule has 0 aliphatic heterocycles. The molecule has 2 heteroatoms. The molecular formula is C11H16FN. The van der Waals surface area contributed by atoms with Crippen LogP contribution in [0.1, 0.15) is 27.2 Å². The Morgan fingerprint density at radius 1 is 1.54 bits per heavy atom. The largest absolute Gasteiger partial charge is 0.213 e. The minimum absolute atomic E-state index is 0.333. The SMILES string of the molecule is C#C.C/C=C(\C)CC#N.C=C(C)F. The summed E-state index contributed by atoms with van der Waals surface area (Å²) >= 11 is 0. The standard InChI is InChI=1S/C6H9N.C3H5F.C2H2/c1-3-6(2)4-5-7;1-3(2)4;1-2/h3H,4H2,1-2H3;1H2,2H3;1-2H/b6-3+;;. The summed E-state index contributed by atoms with van der Waals surface area (Å²) in [4.78, 5) is 0. The third-order valence-corrected chi connectivity index (χ3v) is 0.851. The van der Waals surface area contributed by atoms with Gasteiger partial charge in [0, 0.05) is 0 Å². The maximum absolute atomic E-state index is 10.8. The number of nitrogens with zero attached hydrogens (tertiary/aromatic N) is 1. The summed E-state index contributed by atoms with van der Waals surface area (Å²) in [5.41, 5.74) is 1.14. The van der Waals surface area contributed by atoms with E-state index >= 15 is 0 Å². The average Bonchev–Trinajstić information content (AvgIpc) is 2.07. The van der Waals surface area contributed by atoms with Gasteiger partial charge in [0.1, 0.15) is 0 Å². The Morgan fingerprint density at radius 2 is 1.85 bits per heavy atom. The quantitative estimate of drug-likeness (QED) is 0.448. The molecule has 0 bridgehead atoms. The normalized spacial score (nSPS) is 7.92. The molecule has 0 saturated heterocycles. The van der Waals surface area contributed by atoms with Gasteiger partial charge in [-0.05, 0) is 20.8 Å². The molecule has 0 saturated carbocycles. The Bertz CT molecular complexity index is 202. The van der Waals surface area contributed by atoms with Crippen molar-refractivity contribution in [3.05, 3.63) is 24.1 Å². The van der Waals surface area contributed by atoms with Crippen LogP contribution in [0.3, 0.4) is 0 Å². The van der Waals surface area contributed by atoms with Gasteiger partial charge in [-0.1, -0.05) is 18.2 Å². The first kappa shape index (κ1) is 17.5. The minimum atomic E-state index is -0.333. The van der Waals surface area contributed by atoms with Crippen molar-refractivity contribution in [1.82, 2.24) is 0 Å². The second-order valence-corrected chi connectivity index (χ2v) is 2.15. The Morgan fingerprint density at radius 3 is 1.92 bits per heavy atom. The lowest BCUT2D eigenvalue weighted by Gasteiger charge is -1.82. The predicted octanol–water partition coefficient (Wildman–Crippen LogP) is 3.61. The first-order chi connectivity index (χ1) is 6.04. The van der Waals surface area contributed by atoms with Crippen LogP contribution in [0.25, 0.3) is 0 Å². The highest BCUT2D eigenvalue weighted by atomic mass is 19.1. The summed E-state index contributed by atoms with van der Waals surface area (Å²) in [7, 11) is 0. The van der Waals surface area contributed by atoms with Crippen molar-refractivity contribution in [3.63, 3.8) is 0 Å². The van der Waals surface area contributed by atoms with Crippen LogP contribution in [-0.4, -0.2) is 0 Å². The molecular weight excluding hydrogens is 165 g/mol. The molecule has 0 aliphatic carbocycles. The monoisotopic (exact) mass is 181 g/mol. The van der Waals surface area contributed by atoms with E-state index in [2.05, 4.69) is 25.5 Å². The van der Waals surface area contributed by atoms with Crippen molar-refractivity contribution < 1.29 is 4.39 Å². The van der Waals surface area contributed by atoms with Crippen LogP contribution in [0.4, 0.5) is 4.39 Å². The molecule has 0 radical (unpaired) electrons. The van der Waals surface area contributed by atoms with Crippen molar-refractivity contribution in [1.29, 1.82) is 5.26 Å². The summed E-state index contributed by atoms with van der Waals surface area (Å²) in [6, 6.07) is 2.05. The van der Waals surface area contributed by atoms with Crippen LogP contribution in [0.15, 0.2) is 24.1 Å². The zero-order chi connectivity index (χ0) is 11.3. The minimum Gasteiger partial charge on any atom is -0.213 e. The van der Waals surface area contributed by atoms with Crippen LogP contribution in [0, 0.1) is 24.2 Å². The van der Waals surface area contributed by atoms with Gasteiger partial charge in [-0.15, -0.1) is 12.8 Å². The lowest BCUT2D eigenvalue weighted by Crippen LogP contribution is -1.67. The molecule has 0 N–H and O–H groups in total. The molecule has 0 heterocycles. The second-order valence-electron chi connectivity index (χ2n) is 2.15. The Kier molecular flexibility index (Phi) is 22.7. The van der Waals surface area contributed by atoms with Crippen molar-refractivity contribution in [3.8, 4) is 18.9 Å². The van der Waals surface area contributed by atoms with E-state index < -0.39 is 0 Å². The van der Waals surface area contributed by atoms with E-state index in [1.165, 1.54) is 6.92 Å². The summed E-state index contributed by atoms with van der Waals surface area (Å²) in [6.45, 7) is 8.08. The fraction of sp³-hybridized carbons (Fsp3) is 0.364. The van der Waals surface area contributed by atoms with Crippen LogP contribution < -0.4 is 0 Å². The maximum atomic E-state index is 10.8. The van der Waals surface area contributed by atoms with E-state index in [0.717, 1.165) is 5.57 Å². The predicted molar refractivity (Wildman–Crippen MR) is 55.5 cm³/mol. The molecule has 0 aliphatic rings. The summed E-state index contributed by atoms with van der Waals surface area (Å²) < 4.78 is 10.8. The molecule has 72 valence electrons. The van der Waals surface area contributed by atoms with E-state index in [0.29, 0.717) is 6.42 Å². The summed E-state index contributed by atoms with van der Waals surface area (Å²) in [5, 5.41) is 8.08. The molecule has 0 unspecified atom stereocenters. The number of hydrogen-bond donors (Lipinski definition) is 0. The van der Waals surface area contributed by atoms with E-state index in [9.17, 15) is 4.39 Å². The topological polar surface area (TPSA) is 23.8 Å². The number of terminal acetylenes is 1. The molecule has 1 nitrogen and oxygen atoms in total. The summed E-state index contributed by atoms with van der Waals surface area (Å²) in [6.07, 6.45) is 10.5. The van der Waals surface area contributed by atoms with Gasteiger partial charge in [0.05, 0.1) is 18.3 Å². The van der Waals surface area contributed by atoms with E-state index in [4.69, 9.17) is 5.26 Å². The molecule has 0 fully saturated rings. The van der Waals surface area contributed by atoms with Crippen molar-refractivity contribution in [2.45, 2.75) is 27.2 Å². The molecule has 13 heavy (non-hydrogen) atoms. The second kappa shape index (κ2) is 16.8. The smallest absolute Gasteiger partial charge is 0.0897 e. The molecule has 0 spiro atoms. The fourth-order valence-electron chi connectivity index (χ4n) is 0.227. The van der Waals surface area contributed by atoms with E-state index in [1.807, 2.05) is 19.9 Å². The van der Waals surface area contributed by atoms with Gasteiger partial charge in [-0.25, -0.2) is 4.39 Å². The van der Waals surface area contributed by atoms with Gasteiger partial charge < -0.3 is 0 Å². The molecule has 0 atom stereocenters. The van der Waals surface area contributed by atoms with Crippen LogP contribution in [0.5, 0.6) is 0 Å². The van der Waals surface area contributed by atoms with Gasteiger partial charge in [0.25, 0.3) is 0 Å². The summed E-state index contributed by atoms with van der Waals surface area (Å²) in [5.74, 6) is -0.333. The van der Waals surface area contributed by atoms with Crippen molar-refractivity contribution in [2.75, 3.05) is 0 Å². The van der Waals surface area contributed by atoms with E-state index in [1.54, 1.807) is 0 Å². The maximum Gasteiger partial charge on any atom is 0.0897 e. The van der Waals surface area contributed by atoms with Gasteiger partial charge in [0.2, 0.25) is 0 Å². The Balaban J connectivity index is -0.000000142. The number of hydrogen-bond acceptors (Lipinski definition) is 1. The van der Waals surface area contributed by atoms with Gasteiger partial charge in [0.15, 0.2) is 0 Å². The van der Waals surface area contributed by atoms with Gasteiger partial charge in [-0.2, -0.15) is 5.26 Å². The highest BCUT2D eigenvalue weighted by molar-refractivity contribution is 5.02. The molecule has 0 aromatic heterocycles. The Labute approximate surface area is 80.6 Å². The first-order valence-corrected chi connectivity index (χ1v) is 3.67. The zero-order valence-electron chi connectivity index (χ0n) is 8.47. The number of nitriles is 1. The highest BCUT2D eigenvalue weighted by Crippen LogP contribution is 1.94. The third kappa shape index (κ3) is 62.5. The van der Waals surface area contributed by atoms with Gasteiger partial charge in [-0.3, -0.25) is 0 Å². The number of allylic oxidation sites excluding steroid dienone is 3. The molecule has 0 aromatic rings. The highest BCUT2D eigenvalue weighted by Gasteiger charge is 1.79. The molecule has 0 rings (SSSR count). The average molecular weight is 181 g/mol. The lowest BCUT2D eigenvalue weighted by molar-refractivity contribution is 0.645. The molecule has 0 aromatic carbocycles. The van der Waals surface area contributed by atoms with Crippen LogP contribution in [0.2, 0.25) is 0 Å².